The second kappa shape index (κ2) is 4.15. The third-order valence-corrected chi connectivity index (χ3v) is 3.19. The highest BCUT2D eigenvalue weighted by Crippen LogP contribution is 2.22. The zero-order valence-corrected chi connectivity index (χ0v) is 8.74. The van der Waals surface area contributed by atoms with Gasteiger partial charge in [0.1, 0.15) is 0 Å². The summed E-state index contributed by atoms with van der Waals surface area (Å²) in [5.41, 5.74) is 7.40. The third kappa shape index (κ3) is 1.99. The highest BCUT2D eigenvalue weighted by molar-refractivity contribution is 5.08. The van der Waals surface area contributed by atoms with Crippen LogP contribution in [-0.4, -0.2) is 29.0 Å². The smallest absolute Gasteiger partial charge is 0.0249 e. The Morgan fingerprint density at radius 3 is 3.00 bits per heavy atom. The number of H-pyrrole nitrogens is 1. The first kappa shape index (κ1) is 9.74. The molecule has 1 fully saturated rings. The highest BCUT2D eigenvalue weighted by Gasteiger charge is 2.27. The van der Waals surface area contributed by atoms with Crippen molar-refractivity contribution in [2.75, 3.05) is 7.05 Å². The van der Waals surface area contributed by atoms with E-state index in [1.54, 1.807) is 0 Å². The van der Waals surface area contributed by atoms with E-state index in [1.807, 2.05) is 6.20 Å². The molecule has 1 aromatic heterocycles. The maximum Gasteiger partial charge on any atom is 0.0249 e. The Morgan fingerprint density at radius 2 is 2.43 bits per heavy atom. The van der Waals surface area contributed by atoms with Gasteiger partial charge in [0.2, 0.25) is 0 Å². The molecule has 2 unspecified atom stereocenters. The van der Waals surface area contributed by atoms with E-state index in [0.29, 0.717) is 12.1 Å². The van der Waals surface area contributed by atoms with E-state index in [4.69, 9.17) is 5.73 Å². The molecule has 1 aliphatic carbocycles. The molecule has 0 aliphatic heterocycles. The number of nitrogens with one attached hydrogen (secondary N) is 1. The summed E-state index contributed by atoms with van der Waals surface area (Å²) < 4.78 is 0. The molecule has 3 heteroatoms. The molecular formula is C11H19N3. The van der Waals surface area contributed by atoms with Crippen molar-refractivity contribution in [1.82, 2.24) is 9.88 Å². The Bertz CT molecular complexity index is 268. The zero-order valence-electron chi connectivity index (χ0n) is 8.74. The topological polar surface area (TPSA) is 45.0 Å². The Labute approximate surface area is 85.3 Å². The molecule has 14 heavy (non-hydrogen) atoms. The van der Waals surface area contributed by atoms with Gasteiger partial charge in [0.05, 0.1) is 0 Å². The summed E-state index contributed by atoms with van der Waals surface area (Å²) in [6.45, 7) is 1.00. The van der Waals surface area contributed by atoms with Crippen LogP contribution in [0.5, 0.6) is 0 Å². The van der Waals surface area contributed by atoms with Gasteiger partial charge in [0.15, 0.2) is 0 Å². The number of hydrogen-bond acceptors (Lipinski definition) is 2. The number of rotatable bonds is 3. The van der Waals surface area contributed by atoms with Crippen molar-refractivity contribution in [2.24, 2.45) is 5.73 Å². The van der Waals surface area contributed by atoms with Gasteiger partial charge in [-0.2, -0.15) is 0 Å². The van der Waals surface area contributed by atoms with E-state index in [1.165, 1.54) is 24.8 Å². The van der Waals surface area contributed by atoms with Crippen LogP contribution in [0.25, 0.3) is 0 Å². The Hall–Kier alpha value is -0.800. The molecular weight excluding hydrogens is 174 g/mol. The zero-order chi connectivity index (χ0) is 9.97. The molecule has 2 atom stereocenters. The lowest BCUT2D eigenvalue weighted by molar-refractivity contribution is 0.220. The Balaban J connectivity index is 1.92. The molecule has 78 valence electrons. The van der Waals surface area contributed by atoms with Crippen LogP contribution >= 0.6 is 0 Å². The van der Waals surface area contributed by atoms with Crippen molar-refractivity contribution in [2.45, 2.75) is 37.9 Å². The van der Waals surface area contributed by atoms with Crippen LogP contribution in [0.2, 0.25) is 0 Å². The molecule has 3 nitrogen and oxygen atoms in total. The van der Waals surface area contributed by atoms with Crippen LogP contribution in [0, 0.1) is 0 Å². The molecule has 0 spiro atoms. The standard InChI is InChI=1S/C11H19N3/c1-14(8-9-5-6-13-7-9)11-4-2-3-10(11)12/h5-7,10-11,13H,2-4,8,12H2,1H3. The third-order valence-electron chi connectivity index (χ3n) is 3.19. The van der Waals surface area contributed by atoms with Gasteiger partial charge in [-0.25, -0.2) is 0 Å². The Kier molecular flexibility index (Phi) is 2.89. The summed E-state index contributed by atoms with van der Waals surface area (Å²) in [4.78, 5) is 5.45. The molecule has 1 aliphatic rings. The van der Waals surface area contributed by atoms with Crippen LogP contribution in [0.15, 0.2) is 18.5 Å². The predicted molar refractivity (Wildman–Crippen MR) is 57.9 cm³/mol. The summed E-state index contributed by atoms with van der Waals surface area (Å²) >= 11 is 0. The molecule has 0 saturated heterocycles. The summed E-state index contributed by atoms with van der Waals surface area (Å²) in [6.07, 6.45) is 7.74. The quantitative estimate of drug-likeness (QED) is 0.760. The molecule has 1 aromatic rings. The van der Waals surface area contributed by atoms with Crippen molar-refractivity contribution < 1.29 is 0 Å². The van der Waals surface area contributed by atoms with E-state index >= 15 is 0 Å². The number of aromatic nitrogens is 1. The maximum absolute atomic E-state index is 6.06. The van der Waals surface area contributed by atoms with Gasteiger partial charge in [-0.1, -0.05) is 6.42 Å². The number of likely N-dealkylation sites (N-methyl/N-ethyl adjacent to an activating group) is 1. The van der Waals surface area contributed by atoms with Gasteiger partial charge < -0.3 is 10.7 Å². The largest absolute Gasteiger partial charge is 0.367 e. The van der Waals surface area contributed by atoms with Gasteiger partial charge in [-0.3, -0.25) is 4.90 Å². The molecule has 0 bridgehead atoms. The fourth-order valence-corrected chi connectivity index (χ4v) is 2.38. The molecule has 0 radical (unpaired) electrons. The maximum atomic E-state index is 6.06. The summed E-state index contributed by atoms with van der Waals surface area (Å²) in [7, 11) is 2.17. The second-order valence-electron chi connectivity index (χ2n) is 4.30. The molecule has 3 N–H and O–H groups in total. The van der Waals surface area contributed by atoms with Crippen molar-refractivity contribution in [3.8, 4) is 0 Å². The number of nitrogens with two attached hydrogens (primary N) is 1. The van der Waals surface area contributed by atoms with Crippen LogP contribution < -0.4 is 5.73 Å². The van der Waals surface area contributed by atoms with E-state index < -0.39 is 0 Å². The minimum absolute atomic E-state index is 0.374. The first-order chi connectivity index (χ1) is 6.77. The molecule has 0 aromatic carbocycles. The summed E-state index contributed by atoms with van der Waals surface area (Å²) in [5, 5.41) is 0. The number of hydrogen-bond donors (Lipinski definition) is 2. The normalized spacial score (nSPS) is 27.4. The number of nitrogens with zero attached hydrogens (tertiary/aromatic N) is 1. The lowest BCUT2D eigenvalue weighted by Gasteiger charge is -2.27. The summed E-state index contributed by atoms with van der Waals surface area (Å²) in [6, 6.07) is 3.07. The van der Waals surface area contributed by atoms with Crippen molar-refractivity contribution in [3.63, 3.8) is 0 Å². The van der Waals surface area contributed by atoms with Gasteiger partial charge in [-0.15, -0.1) is 0 Å². The molecule has 1 saturated carbocycles. The van der Waals surface area contributed by atoms with Crippen LogP contribution in [0.3, 0.4) is 0 Å². The average molecular weight is 193 g/mol. The lowest BCUT2D eigenvalue weighted by Crippen LogP contribution is -2.41. The van der Waals surface area contributed by atoms with Crippen LogP contribution in [-0.2, 0) is 6.54 Å². The van der Waals surface area contributed by atoms with E-state index in [0.717, 1.165) is 6.54 Å². The summed E-state index contributed by atoms with van der Waals surface area (Å²) in [5.74, 6) is 0. The minimum Gasteiger partial charge on any atom is -0.367 e. The van der Waals surface area contributed by atoms with E-state index in [2.05, 4.69) is 29.2 Å². The minimum atomic E-state index is 0.374. The molecule has 1 heterocycles. The van der Waals surface area contributed by atoms with E-state index in [9.17, 15) is 0 Å². The van der Waals surface area contributed by atoms with Crippen LogP contribution in [0.4, 0.5) is 0 Å². The average Bonchev–Trinajstić information content (AvgIpc) is 2.75. The Morgan fingerprint density at radius 1 is 1.57 bits per heavy atom. The lowest BCUT2D eigenvalue weighted by atomic mass is 10.1. The fourth-order valence-electron chi connectivity index (χ4n) is 2.38. The van der Waals surface area contributed by atoms with E-state index in [-0.39, 0.29) is 0 Å². The fraction of sp³-hybridized carbons (Fsp3) is 0.636. The van der Waals surface area contributed by atoms with Gasteiger partial charge in [0.25, 0.3) is 0 Å². The van der Waals surface area contributed by atoms with Gasteiger partial charge >= 0.3 is 0 Å². The molecule has 0 amide bonds. The highest BCUT2D eigenvalue weighted by atomic mass is 15.1. The van der Waals surface area contributed by atoms with Gasteiger partial charge in [0, 0.05) is 31.0 Å². The monoisotopic (exact) mass is 193 g/mol. The first-order valence-electron chi connectivity index (χ1n) is 5.35. The van der Waals surface area contributed by atoms with Crippen molar-refractivity contribution >= 4 is 0 Å². The second-order valence-corrected chi connectivity index (χ2v) is 4.30. The van der Waals surface area contributed by atoms with Gasteiger partial charge in [-0.05, 0) is 31.5 Å². The van der Waals surface area contributed by atoms with Crippen molar-refractivity contribution in [3.05, 3.63) is 24.0 Å². The first-order valence-corrected chi connectivity index (χ1v) is 5.35. The molecule has 2 rings (SSSR count). The predicted octanol–water partition coefficient (Wildman–Crippen LogP) is 1.33. The SMILES string of the molecule is CN(Cc1cc[nH]c1)C1CCCC1N. The van der Waals surface area contributed by atoms with Crippen molar-refractivity contribution in [1.29, 1.82) is 0 Å². The number of aromatic amines is 1. The van der Waals surface area contributed by atoms with Crippen LogP contribution in [0.1, 0.15) is 24.8 Å².